The summed E-state index contributed by atoms with van der Waals surface area (Å²) in [6.45, 7) is 3.06. The number of hydrogen-bond donors (Lipinski definition) is 2. The summed E-state index contributed by atoms with van der Waals surface area (Å²) in [5, 5.41) is 12.2. The summed E-state index contributed by atoms with van der Waals surface area (Å²) in [5.74, 6) is 0.0218. The number of nitrogens with one attached hydrogen (secondary N) is 1. The van der Waals surface area contributed by atoms with E-state index in [9.17, 15) is 4.79 Å². The Morgan fingerprint density at radius 3 is 2.73 bits per heavy atom. The first-order valence-electron chi connectivity index (χ1n) is 5.77. The van der Waals surface area contributed by atoms with E-state index in [1.807, 2.05) is 0 Å². The van der Waals surface area contributed by atoms with Crippen molar-refractivity contribution in [2.24, 2.45) is 5.92 Å². The molecular weight excluding hydrogens is 194 g/mol. The van der Waals surface area contributed by atoms with Gasteiger partial charge in [0.1, 0.15) is 0 Å². The van der Waals surface area contributed by atoms with E-state index in [2.05, 4.69) is 12.2 Å². The van der Waals surface area contributed by atoms with Crippen LogP contribution in [0.3, 0.4) is 0 Å². The maximum atomic E-state index is 10.7. The van der Waals surface area contributed by atoms with Gasteiger partial charge in [-0.3, -0.25) is 0 Å². The van der Waals surface area contributed by atoms with Crippen LogP contribution in [-0.4, -0.2) is 35.9 Å². The normalized spacial score (nSPS) is 40.1. The molecule has 2 unspecified atom stereocenters. The average molecular weight is 213 g/mol. The highest BCUT2D eigenvalue weighted by molar-refractivity contribution is 5.72. The molecule has 1 heterocycles. The minimum absolute atomic E-state index is 0.0991. The lowest BCUT2D eigenvalue weighted by Crippen LogP contribution is -2.43. The van der Waals surface area contributed by atoms with Crippen molar-refractivity contribution in [3.8, 4) is 0 Å². The molecule has 0 aromatic rings. The second kappa shape index (κ2) is 4.49. The summed E-state index contributed by atoms with van der Waals surface area (Å²) in [6.07, 6.45) is 3.54. The number of ether oxygens (including phenoxy) is 1. The zero-order valence-electron chi connectivity index (χ0n) is 9.11. The molecule has 1 aliphatic heterocycles. The van der Waals surface area contributed by atoms with Crippen LogP contribution >= 0.6 is 0 Å². The van der Waals surface area contributed by atoms with Crippen LogP contribution in [0.25, 0.3) is 0 Å². The molecule has 1 aliphatic carbocycles. The maximum absolute atomic E-state index is 10.7. The molecule has 0 radical (unpaired) electrons. The van der Waals surface area contributed by atoms with Crippen LogP contribution in [0.15, 0.2) is 0 Å². The molecule has 0 amide bonds. The fourth-order valence-corrected chi connectivity index (χ4v) is 2.40. The van der Waals surface area contributed by atoms with Crippen molar-refractivity contribution < 1.29 is 14.6 Å². The molecule has 0 bridgehead atoms. The molecule has 2 atom stereocenters. The molecule has 86 valence electrons. The van der Waals surface area contributed by atoms with E-state index in [1.165, 1.54) is 12.8 Å². The molecule has 0 aromatic carbocycles. The molecule has 2 rings (SSSR count). The Morgan fingerprint density at radius 1 is 1.47 bits per heavy atom. The van der Waals surface area contributed by atoms with E-state index in [4.69, 9.17) is 9.84 Å². The van der Waals surface area contributed by atoms with Gasteiger partial charge in [-0.2, -0.15) is 0 Å². The number of carboxylic acids is 1. The van der Waals surface area contributed by atoms with Crippen molar-refractivity contribution in [3.05, 3.63) is 0 Å². The van der Waals surface area contributed by atoms with E-state index in [1.54, 1.807) is 0 Å². The summed E-state index contributed by atoms with van der Waals surface area (Å²) >= 11 is 0. The standard InChI is InChI=1S/C11H19NO3/c1-7-4-8(5-7)12-6-9-2-3-10(15-9)11(13)14/h7-10,12H,2-6H2,1H3,(H,13,14). The average Bonchev–Trinajstić information content (AvgIpc) is 2.59. The number of carbonyl (C=O) groups is 1. The smallest absolute Gasteiger partial charge is 0.332 e. The monoisotopic (exact) mass is 213 g/mol. The van der Waals surface area contributed by atoms with Gasteiger partial charge in [0.15, 0.2) is 6.10 Å². The molecule has 2 fully saturated rings. The van der Waals surface area contributed by atoms with Crippen LogP contribution in [0.5, 0.6) is 0 Å². The fourth-order valence-electron chi connectivity index (χ4n) is 2.40. The van der Waals surface area contributed by atoms with E-state index in [0.29, 0.717) is 12.5 Å². The maximum Gasteiger partial charge on any atom is 0.332 e. The van der Waals surface area contributed by atoms with Gasteiger partial charge in [0.2, 0.25) is 0 Å². The zero-order chi connectivity index (χ0) is 10.8. The van der Waals surface area contributed by atoms with Gasteiger partial charge in [-0.25, -0.2) is 4.79 Å². The van der Waals surface area contributed by atoms with E-state index < -0.39 is 12.1 Å². The molecule has 4 heteroatoms. The minimum Gasteiger partial charge on any atom is -0.479 e. The van der Waals surface area contributed by atoms with Crippen molar-refractivity contribution in [2.75, 3.05) is 6.54 Å². The second-order valence-electron chi connectivity index (χ2n) is 4.84. The van der Waals surface area contributed by atoms with Crippen molar-refractivity contribution >= 4 is 5.97 Å². The summed E-state index contributed by atoms with van der Waals surface area (Å²) in [7, 11) is 0. The Kier molecular flexibility index (Phi) is 3.26. The van der Waals surface area contributed by atoms with Crippen molar-refractivity contribution in [1.29, 1.82) is 0 Å². The molecular formula is C11H19NO3. The first kappa shape index (κ1) is 10.9. The highest BCUT2D eigenvalue weighted by Gasteiger charge is 2.31. The van der Waals surface area contributed by atoms with Gasteiger partial charge in [0.05, 0.1) is 6.10 Å². The van der Waals surface area contributed by atoms with E-state index in [0.717, 1.165) is 18.9 Å². The number of rotatable bonds is 4. The summed E-state index contributed by atoms with van der Waals surface area (Å²) in [4.78, 5) is 10.7. The lowest BCUT2D eigenvalue weighted by Gasteiger charge is -2.34. The minimum atomic E-state index is -0.824. The number of carboxylic acid groups (broad SMARTS) is 1. The number of aliphatic carboxylic acids is 1. The molecule has 4 nitrogen and oxygen atoms in total. The molecule has 1 saturated heterocycles. The highest BCUT2D eigenvalue weighted by atomic mass is 16.5. The van der Waals surface area contributed by atoms with Crippen molar-refractivity contribution in [2.45, 2.75) is 50.9 Å². The van der Waals surface area contributed by atoms with Crippen molar-refractivity contribution in [1.82, 2.24) is 5.32 Å². The molecule has 2 N–H and O–H groups in total. The van der Waals surface area contributed by atoms with Gasteiger partial charge in [-0.15, -0.1) is 0 Å². The third-order valence-corrected chi connectivity index (χ3v) is 3.39. The van der Waals surface area contributed by atoms with Crippen LogP contribution in [-0.2, 0) is 9.53 Å². The van der Waals surface area contributed by atoms with Crippen LogP contribution in [0.2, 0.25) is 0 Å². The first-order chi connectivity index (χ1) is 7.15. The molecule has 15 heavy (non-hydrogen) atoms. The lowest BCUT2D eigenvalue weighted by atomic mass is 9.82. The van der Waals surface area contributed by atoms with Gasteiger partial charge in [0.25, 0.3) is 0 Å². The number of hydrogen-bond acceptors (Lipinski definition) is 3. The van der Waals surface area contributed by atoms with Gasteiger partial charge in [-0.1, -0.05) is 6.92 Å². The fraction of sp³-hybridized carbons (Fsp3) is 0.909. The van der Waals surface area contributed by atoms with Gasteiger partial charge >= 0.3 is 5.97 Å². The molecule has 0 spiro atoms. The highest BCUT2D eigenvalue weighted by Crippen LogP contribution is 2.27. The Balaban J connectivity index is 1.62. The molecule has 0 aromatic heterocycles. The largest absolute Gasteiger partial charge is 0.479 e. The summed E-state index contributed by atoms with van der Waals surface area (Å²) in [5.41, 5.74) is 0. The van der Waals surface area contributed by atoms with Crippen molar-refractivity contribution in [3.63, 3.8) is 0 Å². The lowest BCUT2D eigenvalue weighted by molar-refractivity contribution is -0.149. The van der Waals surface area contributed by atoms with Crippen LogP contribution < -0.4 is 5.32 Å². The Hall–Kier alpha value is -0.610. The van der Waals surface area contributed by atoms with Crippen LogP contribution in [0.4, 0.5) is 0 Å². The van der Waals surface area contributed by atoms with Crippen LogP contribution in [0.1, 0.15) is 32.6 Å². The van der Waals surface area contributed by atoms with E-state index >= 15 is 0 Å². The predicted octanol–water partition coefficient (Wildman–Crippen LogP) is 1.01. The van der Waals surface area contributed by atoms with Gasteiger partial charge in [-0.05, 0) is 31.6 Å². The third kappa shape index (κ3) is 2.69. The Morgan fingerprint density at radius 2 is 2.20 bits per heavy atom. The Labute approximate surface area is 90.0 Å². The predicted molar refractivity (Wildman–Crippen MR) is 55.7 cm³/mol. The topological polar surface area (TPSA) is 58.6 Å². The Bertz CT molecular complexity index is 238. The van der Waals surface area contributed by atoms with Gasteiger partial charge < -0.3 is 15.2 Å². The first-order valence-corrected chi connectivity index (χ1v) is 5.77. The summed E-state index contributed by atoms with van der Waals surface area (Å²) < 4.78 is 5.41. The zero-order valence-corrected chi connectivity index (χ0v) is 9.11. The van der Waals surface area contributed by atoms with Crippen LogP contribution in [0, 0.1) is 5.92 Å². The quantitative estimate of drug-likeness (QED) is 0.731. The summed E-state index contributed by atoms with van der Waals surface area (Å²) in [6, 6.07) is 0.632. The second-order valence-corrected chi connectivity index (χ2v) is 4.84. The van der Waals surface area contributed by atoms with E-state index in [-0.39, 0.29) is 6.10 Å². The SMILES string of the molecule is CC1CC(NCC2CCC(C(=O)O)O2)C1. The third-order valence-electron chi connectivity index (χ3n) is 3.39. The molecule has 1 saturated carbocycles. The van der Waals surface area contributed by atoms with Gasteiger partial charge in [0, 0.05) is 12.6 Å². The molecule has 2 aliphatic rings.